The number of nitrogens with zero attached hydrogens (tertiary/aromatic N) is 1. The van der Waals surface area contributed by atoms with E-state index >= 15 is 0 Å². The van der Waals surface area contributed by atoms with Gasteiger partial charge >= 0.3 is 0 Å². The van der Waals surface area contributed by atoms with Crippen LogP contribution < -0.4 is 10.5 Å². The summed E-state index contributed by atoms with van der Waals surface area (Å²) in [5.74, 6) is 0.770. The first-order chi connectivity index (χ1) is 5.79. The minimum atomic E-state index is 0.0444. The normalized spacial score (nSPS) is 12.6. The van der Waals surface area contributed by atoms with Gasteiger partial charge in [-0.15, -0.1) is 0 Å². The van der Waals surface area contributed by atoms with Gasteiger partial charge in [0.05, 0.1) is 13.3 Å². The van der Waals surface area contributed by atoms with Gasteiger partial charge < -0.3 is 10.5 Å². The topological polar surface area (TPSA) is 48.1 Å². The van der Waals surface area contributed by atoms with Crippen LogP contribution in [0.25, 0.3) is 0 Å². The molecule has 2 N–H and O–H groups in total. The van der Waals surface area contributed by atoms with Crippen LogP contribution in [0.2, 0.25) is 0 Å². The maximum Gasteiger partial charge on any atom is 0.141 e. The van der Waals surface area contributed by atoms with Crippen molar-refractivity contribution in [2.45, 2.75) is 19.4 Å². The summed E-state index contributed by atoms with van der Waals surface area (Å²) >= 11 is 0. The Bertz CT molecular complexity index is 250. The SMILES string of the molecule is CCC(N)c1ccncc1OC. The van der Waals surface area contributed by atoms with Gasteiger partial charge in [0.15, 0.2) is 0 Å². The molecule has 0 aliphatic rings. The smallest absolute Gasteiger partial charge is 0.141 e. The summed E-state index contributed by atoms with van der Waals surface area (Å²) in [6, 6.07) is 1.94. The fraction of sp³-hybridized carbons (Fsp3) is 0.444. The third-order valence-corrected chi connectivity index (χ3v) is 1.88. The van der Waals surface area contributed by atoms with Crippen molar-refractivity contribution in [3.05, 3.63) is 24.0 Å². The molecule has 0 fully saturated rings. The third-order valence-electron chi connectivity index (χ3n) is 1.88. The number of nitrogens with two attached hydrogens (primary N) is 1. The predicted molar refractivity (Wildman–Crippen MR) is 48.0 cm³/mol. The second-order valence-electron chi connectivity index (χ2n) is 2.63. The van der Waals surface area contributed by atoms with Gasteiger partial charge in [0.1, 0.15) is 5.75 Å². The standard InChI is InChI=1S/C9H14N2O/c1-3-8(10)7-4-5-11-6-9(7)12-2/h4-6,8H,3,10H2,1-2H3. The first-order valence-corrected chi connectivity index (χ1v) is 4.03. The highest BCUT2D eigenvalue weighted by Crippen LogP contribution is 2.23. The Morgan fingerprint density at radius 1 is 1.67 bits per heavy atom. The molecule has 3 heteroatoms. The molecule has 0 saturated heterocycles. The largest absolute Gasteiger partial charge is 0.495 e. The molecule has 0 amide bonds. The van der Waals surface area contributed by atoms with E-state index in [1.165, 1.54) is 0 Å². The zero-order chi connectivity index (χ0) is 8.97. The van der Waals surface area contributed by atoms with E-state index in [9.17, 15) is 0 Å². The first kappa shape index (κ1) is 9.00. The monoisotopic (exact) mass is 166 g/mol. The predicted octanol–water partition coefficient (Wildman–Crippen LogP) is 1.50. The molecule has 66 valence electrons. The Morgan fingerprint density at radius 2 is 2.42 bits per heavy atom. The van der Waals surface area contributed by atoms with Crippen LogP contribution in [-0.2, 0) is 0 Å². The van der Waals surface area contributed by atoms with Crippen molar-refractivity contribution in [1.82, 2.24) is 4.98 Å². The summed E-state index contributed by atoms with van der Waals surface area (Å²) in [5, 5.41) is 0. The van der Waals surface area contributed by atoms with Crippen LogP contribution in [0.15, 0.2) is 18.5 Å². The zero-order valence-electron chi connectivity index (χ0n) is 7.45. The lowest BCUT2D eigenvalue weighted by Crippen LogP contribution is -2.10. The lowest BCUT2D eigenvalue weighted by molar-refractivity contribution is 0.403. The Balaban J connectivity index is 2.96. The van der Waals surface area contributed by atoms with E-state index in [1.807, 2.05) is 13.0 Å². The summed E-state index contributed by atoms with van der Waals surface area (Å²) in [7, 11) is 1.63. The molecule has 12 heavy (non-hydrogen) atoms. The maximum atomic E-state index is 5.86. The van der Waals surface area contributed by atoms with Crippen LogP contribution in [0.4, 0.5) is 0 Å². The molecule has 0 radical (unpaired) electrons. The van der Waals surface area contributed by atoms with Crippen molar-refractivity contribution in [2.75, 3.05) is 7.11 Å². The number of aromatic nitrogens is 1. The lowest BCUT2D eigenvalue weighted by Gasteiger charge is -2.12. The molecule has 1 unspecified atom stereocenters. The fourth-order valence-electron chi connectivity index (χ4n) is 1.09. The van der Waals surface area contributed by atoms with Crippen LogP contribution >= 0.6 is 0 Å². The minimum absolute atomic E-state index is 0.0444. The molecule has 0 aliphatic heterocycles. The van der Waals surface area contributed by atoms with Gasteiger partial charge in [0, 0.05) is 17.8 Å². The van der Waals surface area contributed by atoms with Gasteiger partial charge in [-0.05, 0) is 12.5 Å². The number of hydrogen-bond acceptors (Lipinski definition) is 3. The Kier molecular flexibility index (Phi) is 3.05. The average molecular weight is 166 g/mol. The van der Waals surface area contributed by atoms with Crippen molar-refractivity contribution < 1.29 is 4.74 Å². The maximum absolute atomic E-state index is 5.86. The molecule has 0 aliphatic carbocycles. The van der Waals surface area contributed by atoms with E-state index in [2.05, 4.69) is 4.98 Å². The molecule has 3 nitrogen and oxygen atoms in total. The lowest BCUT2D eigenvalue weighted by atomic mass is 10.1. The number of pyridine rings is 1. The molecule has 0 spiro atoms. The van der Waals surface area contributed by atoms with E-state index < -0.39 is 0 Å². The van der Waals surface area contributed by atoms with E-state index in [1.54, 1.807) is 19.5 Å². The fourth-order valence-corrected chi connectivity index (χ4v) is 1.09. The van der Waals surface area contributed by atoms with E-state index in [0.29, 0.717) is 0 Å². The Labute approximate surface area is 72.6 Å². The molecular weight excluding hydrogens is 152 g/mol. The molecule has 1 atom stereocenters. The number of methoxy groups -OCH3 is 1. The second kappa shape index (κ2) is 4.07. The summed E-state index contributed by atoms with van der Waals surface area (Å²) < 4.78 is 5.13. The van der Waals surface area contributed by atoms with Gasteiger partial charge in [-0.3, -0.25) is 4.98 Å². The molecule has 1 aromatic heterocycles. The third kappa shape index (κ3) is 1.74. The Morgan fingerprint density at radius 3 is 3.00 bits per heavy atom. The van der Waals surface area contributed by atoms with Crippen LogP contribution in [-0.4, -0.2) is 12.1 Å². The van der Waals surface area contributed by atoms with Crippen LogP contribution in [0.1, 0.15) is 24.9 Å². The Hall–Kier alpha value is -1.09. The van der Waals surface area contributed by atoms with Crippen LogP contribution in [0.5, 0.6) is 5.75 Å². The van der Waals surface area contributed by atoms with Crippen molar-refractivity contribution in [1.29, 1.82) is 0 Å². The van der Waals surface area contributed by atoms with Gasteiger partial charge in [-0.2, -0.15) is 0 Å². The van der Waals surface area contributed by atoms with Gasteiger partial charge in [-0.1, -0.05) is 6.92 Å². The summed E-state index contributed by atoms with van der Waals surface area (Å²) in [5.41, 5.74) is 6.89. The molecule has 0 saturated carbocycles. The van der Waals surface area contributed by atoms with Crippen molar-refractivity contribution in [2.24, 2.45) is 5.73 Å². The van der Waals surface area contributed by atoms with E-state index in [-0.39, 0.29) is 6.04 Å². The quantitative estimate of drug-likeness (QED) is 0.740. The van der Waals surface area contributed by atoms with Crippen molar-refractivity contribution in [3.8, 4) is 5.75 Å². The highest BCUT2D eigenvalue weighted by atomic mass is 16.5. The highest BCUT2D eigenvalue weighted by Gasteiger charge is 2.08. The van der Waals surface area contributed by atoms with Crippen molar-refractivity contribution >= 4 is 0 Å². The van der Waals surface area contributed by atoms with Crippen molar-refractivity contribution in [3.63, 3.8) is 0 Å². The van der Waals surface area contributed by atoms with Gasteiger partial charge in [0.2, 0.25) is 0 Å². The zero-order valence-corrected chi connectivity index (χ0v) is 7.45. The van der Waals surface area contributed by atoms with E-state index in [4.69, 9.17) is 10.5 Å². The number of hydrogen-bond donors (Lipinski definition) is 1. The molecule has 0 aromatic carbocycles. The number of rotatable bonds is 3. The summed E-state index contributed by atoms with van der Waals surface area (Å²) in [6.07, 6.45) is 4.32. The van der Waals surface area contributed by atoms with Gasteiger partial charge in [0.25, 0.3) is 0 Å². The summed E-state index contributed by atoms with van der Waals surface area (Å²) in [4.78, 5) is 3.95. The molecular formula is C9H14N2O. The molecule has 1 rings (SSSR count). The first-order valence-electron chi connectivity index (χ1n) is 4.03. The van der Waals surface area contributed by atoms with E-state index in [0.717, 1.165) is 17.7 Å². The minimum Gasteiger partial charge on any atom is -0.495 e. The summed E-state index contributed by atoms with van der Waals surface area (Å²) in [6.45, 7) is 2.05. The second-order valence-corrected chi connectivity index (χ2v) is 2.63. The van der Waals surface area contributed by atoms with Crippen LogP contribution in [0, 0.1) is 0 Å². The van der Waals surface area contributed by atoms with Crippen LogP contribution in [0.3, 0.4) is 0 Å². The highest BCUT2D eigenvalue weighted by molar-refractivity contribution is 5.32. The molecule has 0 bridgehead atoms. The molecule has 1 aromatic rings. The van der Waals surface area contributed by atoms with Gasteiger partial charge in [-0.25, -0.2) is 0 Å². The number of ether oxygens (including phenoxy) is 1. The molecule has 1 heterocycles. The average Bonchev–Trinajstić information content (AvgIpc) is 2.16.